The van der Waals surface area contributed by atoms with Crippen molar-refractivity contribution in [2.45, 2.75) is 309 Å². The first-order valence-corrected chi connectivity index (χ1v) is 33.0. The second-order valence-electron chi connectivity index (χ2n) is 21.6. The monoisotopic (exact) mass is 1090 g/mol. The molecule has 79 heavy (non-hydrogen) atoms. The lowest BCUT2D eigenvalue weighted by Crippen LogP contribution is -2.30. The zero-order chi connectivity index (χ0) is 57.1. The lowest BCUT2D eigenvalue weighted by atomic mass is 10.1. The SMILES string of the molecule is CC/C=C\C/C=C\C/C=C\C/C=C\C/C=C\CCCCCCCCCCCC(=O)OCC(COC(=O)CCCC/C=C\C/C=C\C/C=C\C/C=C\CC)OC(=O)CCCCCCCCCCC/C=C\CCCCCCCCCC. The van der Waals surface area contributed by atoms with Gasteiger partial charge in [-0.05, 0) is 128 Å². The van der Waals surface area contributed by atoms with Crippen LogP contribution >= 0.6 is 0 Å². The molecular weight excluding hydrogens is 973 g/mol. The third kappa shape index (κ3) is 64.5. The lowest BCUT2D eigenvalue weighted by Gasteiger charge is -2.18. The van der Waals surface area contributed by atoms with E-state index in [1.54, 1.807) is 0 Å². The minimum absolute atomic E-state index is 0.0969. The summed E-state index contributed by atoms with van der Waals surface area (Å²) in [4.78, 5) is 38.4. The van der Waals surface area contributed by atoms with Gasteiger partial charge in [0.25, 0.3) is 0 Å². The lowest BCUT2D eigenvalue weighted by molar-refractivity contribution is -0.167. The average molecular weight is 1100 g/mol. The first-order chi connectivity index (χ1) is 39.0. The van der Waals surface area contributed by atoms with Gasteiger partial charge in [0, 0.05) is 19.3 Å². The van der Waals surface area contributed by atoms with Gasteiger partial charge < -0.3 is 14.2 Å². The molecule has 0 aliphatic rings. The van der Waals surface area contributed by atoms with Crippen LogP contribution in [-0.4, -0.2) is 37.2 Å². The molecule has 0 fully saturated rings. The van der Waals surface area contributed by atoms with Crippen LogP contribution < -0.4 is 0 Å². The normalized spacial score (nSPS) is 12.9. The molecule has 0 amide bonds. The molecule has 0 aromatic carbocycles. The van der Waals surface area contributed by atoms with Crippen molar-refractivity contribution in [1.82, 2.24) is 0 Å². The maximum absolute atomic E-state index is 12.9. The van der Waals surface area contributed by atoms with Gasteiger partial charge in [0.05, 0.1) is 0 Å². The van der Waals surface area contributed by atoms with Crippen LogP contribution in [0.4, 0.5) is 0 Å². The van der Waals surface area contributed by atoms with Gasteiger partial charge in [0.2, 0.25) is 0 Å². The Balaban J connectivity index is 4.40. The summed E-state index contributed by atoms with van der Waals surface area (Å²) < 4.78 is 16.9. The summed E-state index contributed by atoms with van der Waals surface area (Å²) in [6.07, 6.45) is 92.1. The summed E-state index contributed by atoms with van der Waals surface area (Å²) in [6.45, 7) is 6.39. The fraction of sp³-hybridized carbons (Fsp3) is 0.685. The maximum Gasteiger partial charge on any atom is 0.306 e. The van der Waals surface area contributed by atoms with E-state index >= 15 is 0 Å². The number of unbranched alkanes of at least 4 members (excludes halogenated alkanes) is 28. The van der Waals surface area contributed by atoms with Crippen molar-refractivity contribution in [3.8, 4) is 0 Å². The van der Waals surface area contributed by atoms with Crippen LogP contribution in [0.5, 0.6) is 0 Å². The van der Waals surface area contributed by atoms with E-state index < -0.39 is 6.10 Å². The number of hydrogen-bond donors (Lipinski definition) is 0. The zero-order valence-electron chi connectivity index (χ0n) is 51.6. The Bertz CT molecular complexity index is 1640. The average Bonchev–Trinajstić information content (AvgIpc) is 3.45. The quantitative estimate of drug-likeness (QED) is 0.0261. The highest BCUT2D eigenvalue weighted by atomic mass is 16.6. The Morgan fingerprint density at radius 3 is 0.810 bits per heavy atom. The van der Waals surface area contributed by atoms with Gasteiger partial charge in [-0.15, -0.1) is 0 Å². The number of carbonyl (C=O) groups excluding carboxylic acids is 3. The number of carbonyl (C=O) groups is 3. The van der Waals surface area contributed by atoms with E-state index in [-0.39, 0.29) is 31.1 Å². The Hall–Kier alpha value is -4.19. The van der Waals surface area contributed by atoms with Crippen LogP contribution in [0, 0.1) is 0 Å². The number of hydrogen-bond acceptors (Lipinski definition) is 6. The van der Waals surface area contributed by atoms with Gasteiger partial charge in [-0.25, -0.2) is 0 Å². The fourth-order valence-electron chi connectivity index (χ4n) is 9.04. The first-order valence-electron chi connectivity index (χ1n) is 33.0. The van der Waals surface area contributed by atoms with Gasteiger partial charge in [0.1, 0.15) is 13.2 Å². The number of allylic oxidation sites excluding steroid dienone is 20. The van der Waals surface area contributed by atoms with E-state index in [0.717, 1.165) is 122 Å². The molecule has 0 spiro atoms. The molecule has 6 heteroatoms. The molecule has 0 aromatic rings. The second-order valence-corrected chi connectivity index (χ2v) is 21.6. The van der Waals surface area contributed by atoms with Crippen molar-refractivity contribution in [2.24, 2.45) is 0 Å². The van der Waals surface area contributed by atoms with Gasteiger partial charge in [-0.1, -0.05) is 277 Å². The molecule has 0 aliphatic carbocycles. The fourth-order valence-corrected chi connectivity index (χ4v) is 9.04. The van der Waals surface area contributed by atoms with Gasteiger partial charge in [-0.2, -0.15) is 0 Å². The summed E-state index contributed by atoms with van der Waals surface area (Å²) in [6, 6.07) is 0. The molecule has 0 radical (unpaired) electrons. The number of rotatable bonds is 59. The van der Waals surface area contributed by atoms with Crippen molar-refractivity contribution in [3.05, 3.63) is 122 Å². The predicted octanol–water partition coefficient (Wildman–Crippen LogP) is 22.8. The van der Waals surface area contributed by atoms with Crippen molar-refractivity contribution in [1.29, 1.82) is 0 Å². The molecule has 0 saturated heterocycles. The van der Waals surface area contributed by atoms with Crippen molar-refractivity contribution < 1.29 is 28.6 Å². The topological polar surface area (TPSA) is 78.9 Å². The standard InChI is InChI=1S/C73H122O6/c1-4-7-10-13-16-19-22-25-28-30-32-34-35-36-37-39-40-42-45-48-51-54-57-60-63-66-72(75)78-69-70(68-77-71(74)65-62-59-56-53-50-47-44-27-24-21-18-15-12-9-6-3)79-73(76)67-64-61-58-55-52-49-46-43-41-38-33-31-29-26-23-20-17-14-11-8-5-2/h7,9-10,12,16,18-19,21,25,27-28,31-34,36-37,44,50,53,70H,4-6,8,11,13-15,17,20,22-24,26,29-30,35,38-43,45-49,51-52,54-69H2,1-3H3/b10-7-,12-9-,19-16-,21-18-,28-25-,33-31-,34-32-,37-36-,44-27-,53-50-. The van der Waals surface area contributed by atoms with Crippen LogP contribution in [0.1, 0.15) is 303 Å². The molecule has 0 rings (SSSR count). The molecule has 0 aromatic heterocycles. The molecule has 0 aliphatic heterocycles. The van der Waals surface area contributed by atoms with E-state index in [1.165, 1.54) is 141 Å². The molecule has 1 atom stereocenters. The first kappa shape index (κ1) is 74.8. The molecule has 0 saturated carbocycles. The highest BCUT2D eigenvalue weighted by Gasteiger charge is 2.19. The summed E-state index contributed by atoms with van der Waals surface area (Å²) >= 11 is 0. The van der Waals surface area contributed by atoms with Gasteiger partial charge in [-0.3, -0.25) is 14.4 Å². The third-order valence-corrected chi connectivity index (χ3v) is 13.9. The minimum atomic E-state index is -0.803. The molecule has 0 heterocycles. The van der Waals surface area contributed by atoms with Crippen LogP contribution in [0.3, 0.4) is 0 Å². The van der Waals surface area contributed by atoms with Crippen LogP contribution in [0.25, 0.3) is 0 Å². The van der Waals surface area contributed by atoms with Crippen molar-refractivity contribution in [2.75, 3.05) is 13.2 Å². The minimum Gasteiger partial charge on any atom is -0.462 e. The molecule has 450 valence electrons. The predicted molar refractivity (Wildman–Crippen MR) is 343 cm³/mol. The van der Waals surface area contributed by atoms with E-state index in [4.69, 9.17) is 14.2 Å². The number of esters is 3. The van der Waals surface area contributed by atoms with E-state index in [9.17, 15) is 14.4 Å². The zero-order valence-corrected chi connectivity index (χ0v) is 51.6. The highest BCUT2D eigenvalue weighted by molar-refractivity contribution is 5.71. The summed E-state index contributed by atoms with van der Waals surface area (Å²) in [7, 11) is 0. The molecule has 0 N–H and O–H groups in total. The smallest absolute Gasteiger partial charge is 0.306 e. The van der Waals surface area contributed by atoms with E-state index in [1.807, 2.05) is 0 Å². The van der Waals surface area contributed by atoms with Crippen molar-refractivity contribution >= 4 is 17.9 Å². The largest absolute Gasteiger partial charge is 0.462 e. The van der Waals surface area contributed by atoms with Crippen molar-refractivity contribution in [3.63, 3.8) is 0 Å². The van der Waals surface area contributed by atoms with Crippen LogP contribution in [0.2, 0.25) is 0 Å². The maximum atomic E-state index is 12.9. The van der Waals surface area contributed by atoms with Crippen LogP contribution in [-0.2, 0) is 28.6 Å². The summed E-state index contributed by atoms with van der Waals surface area (Å²) in [5, 5.41) is 0. The number of ether oxygens (including phenoxy) is 3. The molecule has 1 unspecified atom stereocenters. The highest BCUT2D eigenvalue weighted by Crippen LogP contribution is 2.16. The molecule has 0 bridgehead atoms. The van der Waals surface area contributed by atoms with E-state index in [0.29, 0.717) is 19.3 Å². The Morgan fingerprint density at radius 1 is 0.266 bits per heavy atom. The Labute approximate surface area is 488 Å². The summed E-state index contributed by atoms with van der Waals surface area (Å²) in [5.74, 6) is -0.941. The molecular formula is C73H122O6. The Kier molecular flexibility index (Phi) is 62.8. The molecule has 6 nitrogen and oxygen atoms in total. The van der Waals surface area contributed by atoms with Crippen LogP contribution in [0.15, 0.2) is 122 Å². The Morgan fingerprint density at radius 2 is 0.494 bits per heavy atom. The third-order valence-electron chi connectivity index (χ3n) is 13.9. The summed E-state index contributed by atoms with van der Waals surface area (Å²) in [5.41, 5.74) is 0. The van der Waals surface area contributed by atoms with E-state index in [2.05, 4.69) is 142 Å². The second kappa shape index (κ2) is 66.3. The van der Waals surface area contributed by atoms with Gasteiger partial charge in [0.15, 0.2) is 6.10 Å². The van der Waals surface area contributed by atoms with Gasteiger partial charge >= 0.3 is 17.9 Å².